The fourth-order valence-corrected chi connectivity index (χ4v) is 3.07. The first-order valence-electron chi connectivity index (χ1n) is 7.53. The van der Waals surface area contributed by atoms with E-state index in [0.717, 1.165) is 12.8 Å². The van der Waals surface area contributed by atoms with Gasteiger partial charge in [0.1, 0.15) is 0 Å². The van der Waals surface area contributed by atoms with Crippen molar-refractivity contribution < 1.29 is 0 Å². The van der Waals surface area contributed by atoms with Gasteiger partial charge in [-0.3, -0.25) is 0 Å². The molecule has 1 saturated carbocycles. The van der Waals surface area contributed by atoms with Crippen molar-refractivity contribution in [3.8, 4) is 0 Å². The molecule has 6 heteroatoms. The number of aliphatic imine (C=N–C) groups is 2. The monoisotopic (exact) mass is 323 g/mol. The van der Waals surface area contributed by atoms with Gasteiger partial charge in [-0.15, -0.1) is 12.4 Å². The maximum Gasteiger partial charge on any atom is 0.218 e. The van der Waals surface area contributed by atoms with E-state index in [1.807, 2.05) is 0 Å². The lowest BCUT2D eigenvalue weighted by Gasteiger charge is -2.29. The van der Waals surface area contributed by atoms with Crippen molar-refractivity contribution in [1.82, 2.24) is 0 Å². The zero-order valence-electron chi connectivity index (χ0n) is 13.0. The van der Waals surface area contributed by atoms with Crippen LogP contribution in [0.2, 0.25) is 0 Å². The van der Waals surface area contributed by atoms with E-state index in [-0.39, 0.29) is 30.4 Å². The highest BCUT2D eigenvalue weighted by Gasteiger charge is 2.25. The molecular formula is C16H26ClN5. The van der Waals surface area contributed by atoms with E-state index in [9.17, 15) is 0 Å². The van der Waals surface area contributed by atoms with Gasteiger partial charge >= 0.3 is 0 Å². The highest BCUT2D eigenvalue weighted by molar-refractivity contribution is 5.92. The highest BCUT2D eigenvalue weighted by atomic mass is 35.5. The summed E-state index contributed by atoms with van der Waals surface area (Å²) in [5.74, 6) is 0.659. The SMILES string of the molecule is Cc1cccc(CC2CCCCC2N=C(N)N=C(N)N)c1.Cl. The zero-order chi connectivity index (χ0) is 15.2. The molecule has 0 radical (unpaired) electrons. The summed E-state index contributed by atoms with van der Waals surface area (Å²) in [5.41, 5.74) is 19.1. The van der Waals surface area contributed by atoms with Crippen LogP contribution < -0.4 is 17.2 Å². The van der Waals surface area contributed by atoms with E-state index >= 15 is 0 Å². The van der Waals surface area contributed by atoms with Crippen LogP contribution in [0.1, 0.15) is 36.8 Å². The molecule has 2 atom stereocenters. The molecule has 0 amide bonds. The number of nitrogens with zero attached hydrogens (tertiary/aromatic N) is 2. The Kier molecular flexibility index (Phi) is 7.18. The summed E-state index contributed by atoms with van der Waals surface area (Å²) in [6, 6.07) is 8.87. The van der Waals surface area contributed by atoms with Gasteiger partial charge in [-0.2, -0.15) is 4.99 Å². The van der Waals surface area contributed by atoms with Crippen LogP contribution in [-0.2, 0) is 6.42 Å². The summed E-state index contributed by atoms with van der Waals surface area (Å²) >= 11 is 0. The Balaban J connectivity index is 0.00000242. The summed E-state index contributed by atoms with van der Waals surface area (Å²) in [6.07, 6.45) is 5.71. The molecule has 2 rings (SSSR count). The molecule has 0 aliphatic heterocycles. The lowest BCUT2D eigenvalue weighted by molar-refractivity contribution is 0.308. The number of guanidine groups is 2. The fourth-order valence-electron chi connectivity index (χ4n) is 3.07. The predicted octanol–water partition coefficient (Wildman–Crippen LogP) is 2.11. The van der Waals surface area contributed by atoms with Crippen molar-refractivity contribution >= 4 is 24.3 Å². The Morgan fingerprint density at radius 2 is 1.91 bits per heavy atom. The first-order valence-corrected chi connectivity index (χ1v) is 7.53. The van der Waals surface area contributed by atoms with Gasteiger partial charge < -0.3 is 17.2 Å². The molecular weight excluding hydrogens is 298 g/mol. The number of rotatable bonds is 3. The van der Waals surface area contributed by atoms with Gasteiger partial charge in [0.2, 0.25) is 5.96 Å². The van der Waals surface area contributed by atoms with Crippen LogP contribution in [0.5, 0.6) is 0 Å². The summed E-state index contributed by atoms with van der Waals surface area (Å²) in [7, 11) is 0. The van der Waals surface area contributed by atoms with Gasteiger partial charge in [0.25, 0.3) is 0 Å². The normalized spacial score (nSPS) is 21.8. The average Bonchev–Trinajstić information content (AvgIpc) is 2.40. The Bertz CT molecular complexity index is 537. The van der Waals surface area contributed by atoms with Crippen molar-refractivity contribution in [1.29, 1.82) is 0 Å². The molecule has 1 aromatic rings. The van der Waals surface area contributed by atoms with Gasteiger partial charge in [-0.25, -0.2) is 4.99 Å². The number of aryl methyl sites for hydroxylation is 1. The third-order valence-corrected chi connectivity index (χ3v) is 3.99. The Hall–Kier alpha value is -1.75. The first-order chi connectivity index (χ1) is 10.0. The van der Waals surface area contributed by atoms with E-state index < -0.39 is 0 Å². The first kappa shape index (κ1) is 18.3. The molecule has 1 aromatic carbocycles. The van der Waals surface area contributed by atoms with E-state index in [2.05, 4.69) is 41.2 Å². The number of hydrogen-bond donors (Lipinski definition) is 3. The number of nitrogens with two attached hydrogens (primary N) is 3. The van der Waals surface area contributed by atoms with Gasteiger partial charge in [0.15, 0.2) is 5.96 Å². The smallest absolute Gasteiger partial charge is 0.218 e. The van der Waals surface area contributed by atoms with Crippen LogP contribution in [0.25, 0.3) is 0 Å². The molecule has 0 saturated heterocycles. The summed E-state index contributed by atoms with van der Waals surface area (Å²) < 4.78 is 0. The molecule has 5 nitrogen and oxygen atoms in total. The molecule has 1 fully saturated rings. The second-order valence-corrected chi connectivity index (χ2v) is 5.83. The molecule has 0 spiro atoms. The van der Waals surface area contributed by atoms with Crippen LogP contribution in [0.4, 0.5) is 0 Å². The maximum atomic E-state index is 5.79. The Labute approximate surface area is 138 Å². The number of hydrogen-bond acceptors (Lipinski definition) is 1. The van der Waals surface area contributed by atoms with Gasteiger partial charge in [0.05, 0.1) is 6.04 Å². The lowest BCUT2D eigenvalue weighted by Crippen LogP contribution is -2.30. The minimum absolute atomic E-state index is 0. The van der Waals surface area contributed by atoms with Crippen molar-refractivity contribution in [3.63, 3.8) is 0 Å². The molecule has 1 aliphatic carbocycles. The molecule has 2 unspecified atom stereocenters. The van der Waals surface area contributed by atoms with E-state index in [4.69, 9.17) is 17.2 Å². The third-order valence-electron chi connectivity index (χ3n) is 3.99. The molecule has 0 heterocycles. The zero-order valence-corrected chi connectivity index (χ0v) is 13.9. The minimum atomic E-state index is -0.0395. The molecule has 122 valence electrons. The molecule has 22 heavy (non-hydrogen) atoms. The Morgan fingerprint density at radius 1 is 1.18 bits per heavy atom. The van der Waals surface area contributed by atoms with Crippen molar-refractivity contribution in [3.05, 3.63) is 35.4 Å². The lowest BCUT2D eigenvalue weighted by atomic mass is 9.81. The topological polar surface area (TPSA) is 103 Å². The van der Waals surface area contributed by atoms with E-state index in [0.29, 0.717) is 5.92 Å². The number of halogens is 1. The quantitative estimate of drug-likeness (QED) is 0.586. The maximum absolute atomic E-state index is 5.79. The van der Waals surface area contributed by atoms with E-state index in [1.54, 1.807) is 0 Å². The summed E-state index contributed by atoms with van der Waals surface area (Å²) in [6.45, 7) is 2.12. The Morgan fingerprint density at radius 3 is 2.59 bits per heavy atom. The van der Waals surface area contributed by atoms with Crippen LogP contribution in [0, 0.1) is 12.8 Å². The highest BCUT2D eigenvalue weighted by Crippen LogP contribution is 2.30. The van der Waals surface area contributed by atoms with Crippen molar-refractivity contribution in [2.45, 2.75) is 45.1 Å². The second-order valence-electron chi connectivity index (χ2n) is 5.83. The largest absolute Gasteiger partial charge is 0.370 e. The predicted molar refractivity (Wildman–Crippen MR) is 95.3 cm³/mol. The van der Waals surface area contributed by atoms with Crippen molar-refractivity contribution in [2.24, 2.45) is 33.1 Å². The summed E-state index contributed by atoms with van der Waals surface area (Å²) in [4.78, 5) is 8.35. The molecule has 0 aromatic heterocycles. The fraction of sp³-hybridized carbons (Fsp3) is 0.500. The molecule has 6 N–H and O–H groups in total. The third kappa shape index (κ3) is 5.56. The van der Waals surface area contributed by atoms with Gasteiger partial charge in [-0.05, 0) is 37.7 Å². The van der Waals surface area contributed by atoms with Crippen LogP contribution in [-0.4, -0.2) is 18.0 Å². The minimum Gasteiger partial charge on any atom is -0.370 e. The van der Waals surface area contributed by atoms with Crippen molar-refractivity contribution in [2.75, 3.05) is 0 Å². The van der Waals surface area contributed by atoms with Crippen LogP contribution in [0.3, 0.4) is 0 Å². The molecule has 1 aliphatic rings. The van der Waals surface area contributed by atoms with Crippen LogP contribution in [0.15, 0.2) is 34.3 Å². The van der Waals surface area contributed by atoms with Gasteiger partial charge in [0, 0.05) is 0 Å². The second kappa shape index (κ2) is 8.63. The standard InChI is InChI=1S/C16H25N5.ClH/c1-11-5-4-6-12(9-11)10-13-7-2-3-8-14(13)20-16(19)21-15(17)18;/h4-6,9,13-14H,2-3,7-8,10H2,1H3,(H6,17,18,19,20,21);1H. The summed E-state index contributed by atoms with van der Waals surface area (Å²) in [5, 5.41) is 0. The average molecular weight is 324 g/mol. The number of benzene rings is 1. The van der Waals surface area contributed by atoms with Gasteiger partial charge in [-0.1, -0.05) is 42.7 Å². The van der Waals surface area contributed by atoms with Crippen LogP contribution >= 0.6 is 12.4 Å². The van der Waals surface area contributed by atoms with E-state index in [1.165, 1.54) is 30.4 Å². The molecule has 0 bridgehead atoms.